The number of carbonyl (C=O) groups is 1. The van der Waals surface area contributed by atoms with Gasteiger partial charge in [-0.3, -0.25) is 4.79 Å². The first kappa shape index (κ1) is 23.5. The van der Waals surface area contributed by atoms with Crippen molar-refractivity contribution >= 4 is 58.6 Å². The van der Waals surface area contributed by atoms with Gasteiger partial charge in [-0.25, -0.2) is 5.43 Å². The van der Waals surface area contributed by atoms with Crippen LogP contribution in [0.5, 0.6) is 0 Å². The van der Waals surface area contributed by atoms with Gasteiger partial charge in [0.25, 0.3) is 5.91 Å². The summed E-state index contributed by atoms with van der Waals surface area (Å²) in [5.74, 6) is 0.821. The SMILES string of the molecule is O=C(CSc1nnc(SCc2ccc(Cl)cc2)s1)N/N=C/c1ccc(-c2ccccc2)cc1. The second-order valence-electron chi connectivity index (χ2n) is 6.82. The number of halogens is 1. The molecule has 166 valence electrons. The van der Waals surface area contributed by atoms with Gasteiger partial charge in [0, 0.05) is 10.8 Å². The minimum Gasteiger partial charge on any atom is -0.272 e. The lowest BCUT2D eigenvalue weighted by atomic mass is 10.0. The molecule has 0 aliphatic rings. The molecule has 3 aromatic carbocycles. The Kier molecular flexibility index (Phi) is 8.54. The Morgan fingerprint density at radius 1 is 0.909 bits per heavy atom. The highest BCUT2D eigenvalue weighted by atomic mass is 35.5. The molecule has 5 nitrogen and oxygen atoms in total. The van der Waals surface area contributed by atoms with Crippen LogP contribution in [0, 0.1) is 0 Å². The molecule has 1 amide bonds. The molecule has 0 aliphatic carbocycles. The van der Waals surface area contributed by atoms with Crippen LogP contribution in [-0.4, -0.2) is 28.1 Å². The molecule has 33 heavy (non-hydrogen) atoms. The summed E-state index contributed by atoms with van der Waals surface area (Å²) in [6.07, 6.45) is 1.63. The second-order valence-corrected chi connectivity index (χ2v) is 10.7. The highest BCUT2D eigenvalue weighted by Crippen LogP contribution is 2.30. The zero-order valence-corrected chi connectivity index (χ0v) is 20.6. The van der Waals surface area contributed by atoms with Gasteiger partial charge in [-0.15, -0.1) is 10.2 Å². The van der Waals surface area contributed by atoms with Gasteiger partial charge in [0.1, 0.15) is 0 Å². The third-order valence-corrected chi connectivity index (χ3v) is 7.92. The van der Waals surface area contributed by atoms with E-state index in [9.17, 15) is 4.79 Å². The van der Waals surface area contributed by atoms with Gasteiger partial charge in [0.05, 0.1) is 12.0 Å². The van der Waals surface area contributed by atoms with Gasteiger partial charge in [-0.05, 0) is 34.4 Å². The molecule has 4 rings (SSSR count). The predicted octanol–water partition coefficient (Wildman–Crippen LogP) is 6.39. The normalized spacial score (nSPS) is 11.1. The van der Waals surface area contributed by atoms with Crippen molar-refractivity contribution in [3.63, 3.8) is 0 Å². The minimum atomic E-state index is -0.192. The summed E-state index contributed by atoms with van der Waals surface area (Å²) in [4.78, 5) is 12.1. The first-order chi connectivity index (χ1) is 16.2. The topological polar surface area (TPSA) is 67.2 Å². The molecule has 0 spiro atoms. The number of rotatable bonds is 9. The molecule has 0 radical (unpaired) electrons. The lowest BCUT2D eigenvalue weighted by molar-refractivity contribution is -0.118. The molecule has 0 fully saturated rings. The van der Waals surface area contributed by atoms with Crippen LogP contribution < -0.4 is 5.43 Å². The van der Waals surface area contributed by atoms with E-state index in [4.69, 9.17) is 11.6 Å². The molecule has 1 aromatic heterocycles. The maximum atomic E-state index is 12.1. The number of amides is 1. The molecule has 0 saturated heterocycles. The number of thioether (sulfide) groups is 2. The maximum absolute atomic E-state index is 12.1. The average molecular weight is 511 g/mol. The molecule has 0 unspecified atom stereocenters. The smallest absolute Gasteiger partial charge is 0.250 e. The minimum absolute atomic E-state index is 0.192. The summed E-state index contributed by atoms with van der Waals surface area (Å²) in [7, 11) is 0. The molecule has 0 bridgehead atoms. The van der Waals surface area contributed by atoms with Crippen molar-refractivity contribution in [2.75, 3.05) is 5.75 Å². The second kappa shape index (κ2) is 12.0. The highest BCUT2D eigenvalue weighted by Gasteiger charge is 2.08. The van der Waals surface area contributed by atoms with E-state index in [1.54, 1.807) is 18.0 Å². The van der Waals surface area contributed by atoms with E-state index in [0.29, 0.717) is 0 Å². The number of carbonyl (C=O) groups excluding carboxylic acids is 1. The molecular formula is C24H19ClN4OS3. The van der Waals surface area contributed by atoms with E-state index in [1.165, 1.54) is 28.7 Å². The van der Waals surface area contributed by atoms with Crippen molar-refractivity contribution in [3.05, 3.63) is 95.0 Å². The summed E-state index contributed by atoms with van der Waals surface area (Å²) in [6.45, 7) is 0. The largest absolute Gasteiger partial charge is 0.272 e. The number of aromatic nitrogens is 2. The summed E-state index contributed by atoms with van der Waals surface area (Å²) >= 11 is 10.3. The fourth-order valence-corrected chi connectivity index (χ4v) is 5.66. The van der Waals surface area contributed by atoms with Crippen molar-refractivity contribution in [1.29, 1.82) is 0 Å². The van der Waals surface area contributed by atoms with E-state index < -0.39 is 0 Å². The summed E-state index contributed by atoms with van der Waals surface area (Å²) in [6, 6.07) is 25.9. The van der Waals surface area contributed by atoms with Crippen LogP contribution in [0.3, 0.4) is 0 Å². The van der Waals surface area contributed by atoms with Crippen LogP contribution in [0.1, 0.15) is 11.1 Å². The predicted molar refractivity (Wildman–Crippen MR) is 139 cm³/mol. The Morgan fingerprint density at radius 2 is 1.58 bits per heavy atom. The quantitative estimate of drug-likeness (QED) is 0.160. The Balaban J connectivity index is 1.19. The molecule has 9 heteroatoms. The third-order valence-electron chi connectivity index (χ3n) is 4.41. The van der Waals surface area contributed by atoms with E-state index >= 15 is 0 Å². The first-order valence-electron chi connectivity index (χ1n) is 9.97. The number of hydrogen-bond donors (Lipinski definition) is 1. The molecule has 0 aliphatic heterocycles. The van der Waals surface area contributed by atoms with Crippen LogP contribution in [0.4, 0.5) is 0 Å². The van der Waals surface area contributed by atoms with Crippen LogP contribution in [0.2, 0.25) is 5.02 Å². The van der Waals surface area contributed by atoms with Crippen LogP contribution in [0.25, 0.3) is 11.1 Å². The highest BCUT2D eigenvalue weighted by molar-refractivity contribution is 8.03. The van der Waals surface area contributed by atoms with Crippen molar-refractivity contribution in [3.8, 4) is 11.1 Å². The van der Waals surface area contributed by atoms with Gasteiger partial charge in [0.2, 0.25) is 0 Å². The Morgan fingerprint density at radius 3 is 2.30 bits per heavy atom. The fourth-order valence-electron chi connectivity index (χ4n) is 2.77. The van der Waals surface area contributed by atoms with Gasteiger partial charge in [-0.2, -0.15) is 5.10 Å². The zero-order chi connectivity index (χ0) is 22.9. The molecular weight excluding hydrogens is 492 g/mol. The Hall–Kier alpha value is -2.65. The van der Waals surface area contributed by atoms with Gasteiger partial charge in [0.15, 0.2) is 8.68 Å². The van der Waals surface area contributed by atoms with Crippen molar-refractivity contribution in [2.45, 2.75) is 14.4 Å². The summed E-state index contributed by atoms with van der Waals surface area (Å²) in [5, 5.41) is 13.1. The molecule has 4 aromatic rings. The van der Waals surface area contributed by atoms with E-state index in [1.807, 2.05) is 66.7 Å². The standard InChI is InChI=1S/C24H19ClN4OS3/c25-21-12-8-18(9-13-21)15-31-23-28-29-24(33-23)32-16-22(30)27-26-14-17-6-10-20(11-7-17)19-4-2-1-3-5-19/h1-14H,15-16H2,(H,27,30)/b26-14+. The van der Waals surface area contributed by atoms with Gasteiger partial charge >= 0.3 is 0 Å². The lowest BCUT2D eigenvalue weighted by Crippen LogP contribution is -2.19. The fraction of sp³-hybridized carbons (Fsp3) is 0.0833. The maximum Gasteiger partial charge on any atom is 0.250 e. The van der Waals surface area contributed by atoms with E-state index in [0.717, 1.165) is 36.1 Å². The number of nitrogens with zero attached hydrogens (tertiary/aromatic N) is 3. The number of hydrogen-bond acceptors (Lipinski definition) is 7. The van der Waals surface area contributed by atoms with Crippen molar-refractivity contribution in [2.24, 2.45) is 5.10 Å². The van der Waals surface area contributed by atoms with Crippen LogP contribution in [0.15, 0.2) is 92.6 Å². The number of nitrogens with one attached hydrogen (secondary N) is 1. The van der Waals surface area contributed by atoms with Gasteiger partial charge < -0.3 is 0 Å². The zero-order valence-electron chi connectivity index (χ0n) is 17.3. The van der Waals surface area contributed by atoms with Crippen molar-refractivity contribution in [1.82, 2.24) is 15.6 Å². The lowest BCUT2D eigenvalue weighted by Gasteiger charge is -2.02. The molecule has 1 N–H and O–H groups in total. The molecule has 0 saturated carbocycles. The summed E-state index contributed by atoms with van der Waals surface area (Å²) in [5.41, 5.74) is 6.93. The van der Waals surface area contributed by atoms with Crippen LogP contribution in [-0.2, 0) is 10.5 Å². The molecule has 0 atom stereocenters. The Labute approximate surface area is 209 Å². The van der Waals surface area contributed by atoms with E-state index in [-0.39, 0.29) is 11.7 Å². The summed E-state index contributed by atoms with van der Waals surface area (Å²) < 4.78 is 1.62. The van der Waals surface area contributed by atoms with E-state index in [2.05, 4.69) is 32.9 Å². The Bertz CT molecular complexity index is 1210. The van der Waals surface area contributed by atoms with Gasteiger partial charge in [-0.1, -0.05) is 113 Å². The number of hydrazone groups is 1. The third kappa shape index (κ3) is 7.43. The number of benzene rings is 3. The first-order valence-corrected chi connectivity index (χ1v) is 13.1. The van der Waals surface area contributed by atoms with Crippen molar-refractivity contribution < 1.29 is 4.79 Å². The average Bonchev–Trinajstić information content (AvgIpc) is 3.31. The monoisotopic (exact) mass is 510 g/mol. The van der Waals surface area contributed by atoms with Crippen LogP contribution >= 0.6 is 46.5 Å². The molecule has 1 heterocycles.